The molecule has 152 valence electrons. The maximum Gasteiger partial charge on any atom is 0.281 e. The van der Waals surface area contributed by atoms with Crippen LogP contribution in [-0.4, -0.2) is 20.3 Å². The van der Waals surface area contributed by atoms with E-state index in [-0.39, 0.29) is 17.3 Å². The summed E-state index contributed by atoms with van der Waals surface area (Å²) in [6.45, 7) is 5.46. The smallest absolute Gasteiger partial charge is 0.281 e. The summed E-state index contributed by atoms with van der Waals surface area (Å²) < 4.78 is 16.3. The Morgan fingerprint density at radius 2 is 1.70 bits per heavy atom. The van der Waals surface area contributed by atoms with Crippen molar-refractivity contribution in [3.63, 3.8) is 0 Å². The molecule has 0 aliphatic rings. The molecule has 0 fully saturated rings. The number of anilines is 1. The number of hydrogen-bond acceptors (Lipinski definition) is 3. The molecule has 1 N–H and O–H groups in total. The van der Waals surface area contributed by atoms with E-state index in [1.54, 1.807) is 13.1 Å². The lowest BCUT2D eigenvalue weighted by Gasteiger charge is -2.18. The van der Waals surface area contributed by atoms with Crippen LogP contribution < -0.4 is 10.9 Å². The van der Waals surface area contributed by atoms with E-state index in [4.69, 9.17) is 0 Å². The maximum atomic E-state index is 13.2. The third-order valence-electron chi connectivity index (χ3n) is 5.33. The minimum Gasteiger partial charge on any atom is -0.336 e. The lowest BCUT2D eigenvalue weighted by Crippen LogP contribution is -2.25. The number of hydrogen-bond donors (Lipinski definition) is 1. The van der Waals surface area contributed by atoms with Gasteiger partial charge in [-0.1, -0.05) is 18.2 Å². The van der Waals surface area contributed by atoms with Crippen molar-refractivity contribution in [3.05, 3.63) is 88.4 Å². The Labute approximate surface area is 172 Å². The van der Waals surface area contributed by atoms with E-state index in [9.17, 15) is 14.0 Å². The van der Waals surface area contributed by atoms with E-state index in [0.717, 1.165) is 5.69 Å². The van der Waals surface area contributed by atoms with Crippen LogP contribution in [0.2, 0.25) is 0 Å². The van der Waals surface area contributed by atoms with Crippen molar-refractivity contribution < 1.29 is 9.18 Å². The second kappa shape index (κ2) is 7.59. The van der Waals surface area contributed by atoms with Crippen LogP contribution in [0.15, 0.2) is 65.6 Å². The second-order valence-corrected chi connectivity index (χ2v) is 7.20. The Hall–Kier alpha value is -3.74. The zero-order chi connectivity index (χ0) is 21.4. The summed E-state index contributed by atoms with van der Waals surface area (Å²) >= 11 is 0. The average molecular weight is 404 g/mol. The van der Waals surface area contributed by atoms with Crippen LogP contribution in [0.3, 0.4) is 0 Å². The Morgan fingerprint density at radius 1 is 1.03 bits per heavy atom. The molecule has 2 aromatic carbocycles. The van der Waals surface area contributed by atoms with Gasteiger partial charge in [-0.2, -0.15) is 9.78 Å². The molecule has 2 aromatic heterocycles. The first-order valence-electron chi connectivity index (χ1n) is 9.59. The van der Waals surface area contributed by atoms with Gasteiger partial charge >= 0.3 is 0 Å². The number of aromatic nitrogens is 3. The first-order valence-corrected chi connectivity index (χ1v) is 9.59. The normalized spacial score (nSPS) is 12.1. The molecule has 1 atom stereocenters. The summed E-state index contributed by atoms with van der Waals surface area (Å²) in [4.78, 5) is 26.0. The predicted molar refractivity (Wildman–Crippen MR) is 115 cm³/mol. The number of amides is 1. The molecule has 0 spiro atoms. The largest absolute Gasteiger partial charge is 0.336 e. The van der Waals surface area contributed by atoms with Crippen LogP contribution in [0.5, 0.6) is 0 Å². The van der Waals surface area contributed by atoms with Gasteiger partial charge in [-0.05, 0) is 57.2 Å². The predicted octanol–water partition coefficient (Wildman–Crippen LogP) is 4.14. The van der Waals surface area contributed by atoms with E-state index >= 15 is 0 Å². The molecule has 4 rings (SSSR count). The molecule has 0 radical (unpaired) electrons. The highest BCUT2D eigenvalue weighted by Gasteiger charge is 2.23. The number of para-hydroxylation sites is 1. The molecule has 7 heteroatoms. The molecule has 1 amide bonds. The van der Waals surface area contributed by atoms with Crippen LogP contribution >= 0.6 is 0 Å². The van der Waals surface area contributed by atoms with E-state index in [2.05, 4.69) is 10.4 Å². The summed E-state index contributed by atoms with van der Waals surface area (Å²) in [5, 5.41) is 8.37. The first kappa shape index (κ1) is 19.6. The van der Waals surface area contributed by atoms with Crippen molar-refractivity contribution in [2.24, 2.45) is 0 Å². The molecule has 1 unspecified atom stereocenters. The summed E-state index contributed by atoms with van der Waals surface area (Å²) in [6.07, 6.45) is 1.66. The lowest BCUT2D eigenvalue weighted by molar-refractivity contribution is -0.118. The van der Waals surface area contributed by atoms with Gasteiger partial charge in [0.2, 0.25) is 5.91 Å². The summed E-state index contributed by atoms with van der Waals surface area (Å²) in [5.74, 6) is -0.629. The molecule has 30 heavy (non-hydrogen) atoms. The molecule has 0 aliphatic carbocycles. The van der Waals surface area contributed by atoms with Crippen molar-refractivity contribution in [1.29, 1.82) is 0 Å². The Kier molecular flexibility index (Phi) is 4.95. The molecule has 0 bridgehead atoms. The zero-order valence-corrected chi connectivity index (χ0v) is 16.9. The second-order valence-electron chi connectivity index (χ2n) is 7.20. The molecule has 4 aromatic rings. The fourth-order valence-corrected chi connectivity index (χ4v) is 3.81. The van der Waals surface area contributed by atoms with E-state index in [0.29, 0.717) is 27.8 Å². The number of fused-ring (bicyclic) bond motifs is 1. The number of carbonyl (C=O) groups excluding carboxylic acids is 1. The van der Waals surface area contributed by atoms with Crippen molar-refractivity contribution in [2.75, 3.05) is 5.32 Å². The van der Waals surface area contributed by atoms with Gasteiger partial charge in [0.15, 0.2) is 0 Å². The molecule has 2 heterocycles. The number of halogens is 1. The highest BCUT2D eigenvalue weighted by atomic mass is 19.1. The monoisotopic (exact) mass is 404 g/mol. The molecule has 0 saturated carbocycles. The van der Waals surface area contributed by atoms with Gasteiger partial charge in [0, 0.05) is 22.5 Å². The molecule has 0 aliphatic heterocycles. The lowest BCUT2D eigenvalue weighted by atomic mass is 10.2. The average Bonchev–Trinajstić information content (AvgIpc) is 3.00. The van der Waals surface area contributed by atoms with E-state index in [1.807, 2.05) is 48.7 Å². The molecular formula is C23H21FN4O2. The van der Waals surface area contributed by atoms with Gasteiger partial charge in [-0.15, -0.1) is 0 Å². The number of rotatable bonds is 4. The number of benzene rings is 2. The van der Waals surface area contributed by atoms with Gasteiger partial charge in [-0.3, -0.25) is 9.59 Å². The highest BCUT2D eigenvalue weighted by molar-refractivity contribution is 5.95. The number of carbonyl (C=O) groups is 1. The quantitative estimate of drug-likeness (QED) is 0.556. The minimum absolute atomic E-state index is 0.232. The van der Waals surface area contributed by atoms with Gasteiger partial charge in [0.1, 0.15) is 11.9 Å². The van der Waals surface area contributed by atoms with Crippen molar-refractivity contribution in [3.8, 4) is 5.69 Å². The Bertz CT molecular complexity index is 1290. The van der Waals surface area contributed by atoms with Crippen molar-refractivity contribution >= 4 is 22.4 Å². The topological polar surface area (TPSA) is 68.9 Å². The van der Waals surface area contributed by atoms with Crippen molar-refractivity contribution in [2.45, 2.75) is 26.8 Å². The fraction of sp³-hybridized carbons (Fsp3) is 0.174. The van der Waals surface area contributed by atoms with Crippen molar-refractivity contribution in [1.82, 2.24) is 14.3 Å². The van der Waals surface area contributed by atoms with E-state index in [1.165, 1.54) is 28.9 Å². The maximum absolute atomic E-state index is 13.2. The van der Waals surface area contributed by atoms with Crippen LogP contribution in [0, 0.1) is 19.7 Å². The summed E-state index contributed by atoms with van der Waals surface area (Å²) in [6, 6.07) is 14.2. The third-order valence-corrected chi connectivity index (χ3v) is 5.33. The Balaban J connectivity index is 1.76. The SMILES string of the molecule is Cc1c2cnn(-c3ccccc3)c(=O)c2c(C)n1C(C)C(=O)Nc1ccc(F)cc1. The van der Waals surface area contributed by atoms with Crippen LogP contribution in [0.4, 0.5) is 10.1 Å². The number of aryl methyl sites for hydroxylation is 2. The standard InChI is InChI=1S/C23H21FN4O2/c1-14-20-13-25-28(19-7-5-4-6-8-19)23(30)21(20)15(2)27(14)16(3)22(29)26-18-11-9-17(24)10-12-18/h4-13,16H,1-3H3,(H,26,29). The van der Waals surface area contributed by atoms with Gasteiger partial charge < -0.3 is 9.88 Å². The molecule has 0 saturated heterocycles. The molecule has 6 nitrogen and oxygen atoms in total. The van der Waals surface area contributed by atoms with Crippen LogP contribution in [-0.2, 0) is 4.79 Å². The third kappa shape index (κ3) is 3.28. The Morgan fingerprint density at radius 3 is 2.37 bits per heavy atom. The van der Waals surface area contributed by atoms with Gasteiger partial charge in [0.05, 0.1) is 17.3 Å². The number of nitrogens with zero attached hydrogens (tertiary/aromatic N) is 3. The van der Waals surface area contributed by atoms with Gasteiger partial charge in [-0.25, -0.2) is 4.39 Å². The summed E-state index contributed by atoms with van der Waals surface area (Å²) in [7, 11) is 0. The molecular weight excluding hydrogens is 383 g/mol. The van der Waals surface area contributed by atoms with Crippen LogP contribution in [0.1, 0.15) is 24.4 Å². The number of nitrogens with one attached hydrogen (secondary N) is 1. The fourth-order valence-electron chi connectivity index (χ4n) is 3.81. The highest BCUT2D eigenvalue weighted by Crippen LogP contribution is 2.27. The van der Waals surface area contributed by atoms with Crippen LogP contribution in [0.25, 0.3) is 16.5 Å². The minimum atomic E-state index is -0.577. The summed E-state index contributed by atoms with van der Waals surface area (Å²) in [5.41, 5.74) is 2.43. The van der Waals surface area contributed by atoms with E-state index < -0.39 is 6.04 Å². The zero-order valence-electron chi connectivity index (χ0n) is 16.9. The van der Waals surface area contributed by atoms with Gasteiger partial charge in [0.25, 0.3) is 5.56 Å². The first-order chi connectivity index (χ1) is 14.4.